The number of pyridine rings is 1. The predicted molar refractivity (Wildman–Crippen MR) is 148 cm³/mol. The fraction of sp³-hybridized carbons (Fsp3) is 0.194. The van der Waals surface area contributed by atoms with Gasteiger partial charge in [0, 0.05) is 41.8 Å². The van der Waals surface area contributed by atoms with E-state index in [-0.39, 0.29) is 5.91 Å². The van der Waals surface area contributed by atoms with Gasteiger partial charge in [-0.05, 0) is 74.4 Å². The van der Waals surface area contributed by atoms with Crippen LogP contribution in [0.2, 0.25) is 0 Å². The van der Waals surface area contributed by atoms with Crippen molar-refractivity contribution in [3.63, 3.8) is 0 Å². The highest BCUT2D eigenvalue weighted by Crippen LogP contribution is 2.26. The lowest BCUT2D eigenvalue weighted by Crippen LogP contribution is -2.38. The van der Waals surface area contributed by atoms with Crippen molar-refractivity contribution >= 4 is 23.4 Å². The molecule has 4 rings (SSSR count). The third-order valence-corrected chi connectivity index (χ3v) is 5.62. The van der Waals surface area contributed by atoms with Crippen molar-refractivity contribution in [2.24, 2.45) is 0 Å². The largest absolute Gasteiger partial charge is 0.443 e. The molecule has 4 aromatic rings. The van der Waals surface area contributed by atoms with Gasteiger partial charge in [-0.2, -0.15) is 0 Å². The number of anilines is 2. The predicted octanol–water partition coefficient (Wildman–Crippen LogP) is 6.99. The molecule has 0 unspecified atom stereocenters. The monoisotopic (exact) mass is 493 g/mol. The SMILES string of the molecule is CC(C)(C)OC(=O)N(CCc1ccccn1)c1ccc(NC(=O)c2ccccc2-c2ccccc2)cc1. The molecule has 2 amide bonds. The second-order valence-corrected chi connectivity index (χ2v) is 9.62. The van der Waals surface area contributed by atoms with Crippen LogP contribution in [-0.2, 0) is 11.2 Å². The number of hydrogen-bond donors (Lipinski definition) is 1. The molecule has 0 radical (unpaired) electrons. The third kappa shape index (κ3) is 7.04. The number of amides is 2. The van der Waals surface area contributed by atoms with E-state index in [1.54, 1.807) is 35.4 Å². The van der Waals surface area contributed by atoms with Crippen LogP contribution in [0.15, 0.2) is 103 Å². The van der Waals surface area contributed by atoms with Crippen molar-refractivity contribution in [3.8, 4) is 11.1 Å². The maximum atomic E-state index is 13.1. The molecule has 1 N–H and O–H groups in total. The Morgan fingerprint density at radius 2 is 1.51 bits per heavy atom. The number of aromatic nitrogens is 1. The molecule has 0 spiro atoms. The zero-order valence-corrected chi connectivity index (χ0v) is 21.3. The topological polar surface area (TPSA) is 71.5 Å². The van der Waals surface area contributed by atoms with Crippen LogP contribution in [0.5, 0.6) is 0 Å². The molecule has 6 nitrogen and oxygen atoms in total. The Morgan fingerprint density at radius 3 is 2.19 bits per heavy atom. The zero-order valence-electron chi connectivity index (χ0n) is 21.3. The van der Waals surface area contributed by atoms with Crippen LogP contribution in [0, 0.1) is 0 Å². The fourth-order valence-corrected chi connectivity index (χ4v) is 3.89. The lowest BCUT2D eigenvalue weighted by molar-refractivity contribution is 0.0580. The van der Waals surface area contributed by atoms with Crippen LogP contribution in [0.4, 0.5) is 16.2 Å². The highest BCUT2D eigenvalue weighted by Gasteiger charge is 2.23. The number of rotatable bonds is 7. The summed E-state index contributed by atoms with van der Waals surface area (Å²) in [4.78, 5) is 32.1. The van der Waals surface area contributed by atoms with Crippen molar-refractivity contribution < 1.29 is 14.3 Å². The Hall–Kier alpha value is -4.45. The van der Waals surface area contributed by atoms with Gasteiger partial charge in [-0.15, -0.1) is 0 Å². The third-order valence-electron chi connectivity index (χ3n) is 5.62. The molecule has 3 aromatic carbocycles. The van der Waals surface area contributed by atoms with Crippen molar-refractivity contribution in [1.82, 2.24) is 4.98 Å². The van der Waals surface area contributed by atoms with Gasteiger partial charge < -0.3 is 10.1 Å². The summed E-state index contributed by atoms with van der Waals surface area (Å²) in [7, 11) is 0. The van der Waals surface area contributed by atoms with E-state index in [1.807, 2.05) is 93.6 Å². The van der Waals surface area contributed by atoms with Crippen molar-refractivity contribution in [2.75, 3.05) is 16.8 Å². The second-order valence-electron chi connectivity index (χ2n) is 9.62. The van der Waals surface area contributed by atoms with Crippen LogP contribution in [0.3, 0.4) is 0 Å². The molecule has 0 saturated heterocycles. The standard InChI is InChI=1S/C31H31N3O3/c1-31(2,3)37-30(36)34(22-20-24-13-9-10-21-32-24)26-18-16-25(17-19-26)33-29(35)28-15-8-7-14-27(28)23-11-5-4-6-12-23/h4-19,21H,20,22H2,1-3H3,(H,33,35). The van der Waals surface area contributed by atoms with Crippen LogP contribution in [0.25, 0.3) is 11.1 Å². The minimum Gasteiger partial charge on any atom is -0.443 e. The normalized spacial score (nSPS) is 11.0. The van der Waals surface area contributed by atoms with Crippen LogP contribution >= 0.6 is 0 Å². The fourth-order valence-electron chi connectivity index (χ4n) is 3.89. The van der Waals surface area contributed by atoms with Gasteiger partial charge in [-0.1, -0.05) is 54.6 Å². The molecule has 0 saturated carbocycles. The summed E-state index contributed by atoms with van der Waals surface area (Å²) in [5.74, 6) is -0.202. The molecule has 0 aliphatic carbocycles. The summed E-state index contributed by atoms with van der Waals surface area (Å²) in [5.41, 5.74) is 3.99. The van der Waals surface area contributed by atoms with E-state index >= 15 is 0 Å². The zero-order chi connectivity index (χ0) is 26.3. The molecule has 1 heterocycles. The lowest BCUT2D eigenvalue weighted by atomic mass is 9.99. The van der Waals surface area contributed by atoms with Gasteiger partial charge in [0.2, 0.25) is 0 Å². The molecule has 0 aliphatic rings. The summed E-state index contributed by atoms with van der Waals surface area (Å²) >= 11 is 0. The van der Waals surface area contributed by atoms with E-state index in [4.69, 9.17) is 4.74 Å². The van der Waals surface area contributed by atoms with Crippen molar-refractivity contribution in [2.45, 2.75) is 32.8 Å². The molecule has 6 heteroatoms. The van der Waals surface area contributed by atoms with Gasteiger partial charge >= 0.3 is 6.09 Å². The van der Waals surface area contributed by atoms with Crippen LogP contribution in [0.1, 0.15) is 36.8 Å². The summed E-state index contributed by atoms with van der Waals surface area (Å²) in [6.45, 7) is 5.93. The molecule has 188 valence electrons. The van der Waals surface area contributed by atoms with Gasteiger partial charge in [0.05, 0.1) is 0 Å². The van der Waals surface area contributed by atoms with Gasteiger partial charge in [-0.25, -0.2) is 4.79 Å². The van der Waals surface area contributed by atoms with Gasteiger partial charge in [0.25, 0.3) is 5.91 Å². The maximum absolute atomic E-state index is 13.1. The number of benzene rings is 3. The summed E-state index contributed by atoms with van der Waals surface area (Å²) in [6.07, 6.45) is 1.88. The average molecular weight is 494 g/mol. The van der Waals surface area contributed by atoms with E-state index in [0.717, 1.165) is 16.8 Å². The number of carbonyl (C=O) groups is 2. The Bertz CT molecular complexity index is 1330. The Labute approximate surface area is 217 Å². The van der Waals surface area contributed by atoms with E-state index in [0.29, 0.717) is 29.9 Å². The number of ether oxygens (including phenoxy) is 1. The summed E-state index contributed by atoms with van der Waals surface area (Å²) in [6, 6.07) is 30.2. The molecule has 0 atom stereocenters. The smallest absolute Gasteiger partial charge is 0.414 e. The molecule has 0 aliphatic heterocycles. The molecule has 0 bridgehead atoms. The molecular weight excluding hydrogens is 462 g/mol. The first-order valence-electron chi connectivity index (χ1n) is 12.3. The molecular formula is C31H31N3O3. The van der Waals surface area contributed by atoms with Crippen molar-refractivity contribution in [3.05, 3.63) is 115 Å². The molecule has 1 aromatic heterocycles. The first kappa shape index (κ1) is 25.6. The van der Waals surface area contributed by atoms with Crippen molar-refractivity contribution in [1.29, 1.82) is 0 Å². The van der Waals surface area contributed by atoms with E-state index < -0.39 is 11.7 Å². The highest BCUT2D eigenvalue weighted by molar-refractivity contribution is 6.08. The maximum Gasteiger partial charge on any atom is 0.414 e. The second kappa shape index (κ2) is 11.5. The number of nitrogens with one attached hydrogen (secondary N) is 1. The van der Waals surface area contributed by atoms with E-state index in [1.165, 1.54) is 0 Å². The quantitative estimate of drug-likeness (QED) is 0.301. The number of nitrogens with zero attached hydrogens (tertiary/aromatic N) is 2. The van der Waals surface area contributed by atoms with E-state index in [2.05, 4.69) is 10.3 Å². The molecule has 37 heavy (non-hydrogen) atoms. The first-order chi connectivity index (χ1) is 17.8. The van der Waals surface area contributed by atoms with Gasteiger partial charge in [0.15, 0.2) is 0 Å². The minimum absolute atomic E-state index is 0.202. The Balaban J connectivity index is 1.51. The number of hydrogen-bond acceptors (Lipinski definition) is 4. The highest BCUT2D eigenvalue weighted by atomic mass is 16.6. The van der Waals surface area contributed by atoms with E-state index in [9.17, 15) is 9.59 Å². The Kier molecular flexibility index (Phi) is 7.98. The minimum atomic E-state index is -0.625. The summed E-state index contributed by atoms with van der Waals surface area (Å²) in [5, 5.41) is 2.98. The first-order valence-corrected chi connectivity index (χ1v) is 12.3. The van der Waals surface area contributed by atoms with Gasteiger partial charge in [0.1, 0.15) is 5.60 Å². The number of carbonyl (C=O) groups excluding carboxylic acids is 2. The summed E-state index contributed by atoms with van der Waals surface area (Å²) < 4.78 is 5.65. The van der Waals surface area contributed by atoms with Gasteiger partial charge in [-0.3, -0.25) is 14.7 Å². The molecule has 0 fully saturated rings. The average Bonchev–Trinajstić information content (AvgIpc) is 2.90. The van der Waals surface area contributed by atoms with Crippen LogP contribution < -0.4 is 10.2 Å². The van der Waals surface area contributed by atoms with Crippen LogP contribution in [-0.4, -0.2) is 29.1 Å². The Morgan fingerprint density at radius 1 is 0.838 bits per heavy atom. The lowest BCUT2D eigenvalue weighted by Gasteiger charge is -2.27.